The second-order valence-electron chi connectivity index (χ2n) is 2.47. The zero-order valence-electron chi connectivity index (χ0n) is 8.09. The number of methoxy groups -OCH3 is 2. The Morgan fingerprint density at radius 3 is 2.60 bits per heavy atom. The molecule has 0 radical (unpaired) electrons. The summed E-state index contributed by atoms with van der Waals surface area (Å²) in [5, 5.41) is 10.6. The highest BCUT2D eigenvalue weighted by molar-refractivity contribution is 5.87. The largest absolute Gasteiger partial charge is 0.489 e. The first kappa shape index (κ1) is 10.9. The second kappa shape index (κ2) is 4.36. The monoisotopic (exact) mass is 212 g/mol. The molecule has 0 unspecified atom stereocenters. The van der Waals surface area contributed by atoms with Crippen molar-refractivity contribution >= 4 is 11.8 Å². The van der Waals surface area contributed by atoms with E-state index in [-0.39, 0.29) is 11.4 Å². The molecule has 0 aliphatic carbocycles. The summed E-state index contributed by atoms with van der Waals surface area (Å²) >= 11 is 0. The van der Waals surface area contributed by atoms with Gasteiger partial charge in [0.25, 0.3) is 5.69 Å². The Bertz CT molecular complexity index is 404. The summed E-state index contributed by atoms with van der Waals surface area (Å²) in [5.74, 6) is -1.26. The number of carbonyl (C=O) groups excluding carboxylic acids is 1. The van der Waals surface area contributed by atoms with E-state index in [9.17, 15) is 14.9 Å². The molecule has 0 aliphatic rings. The van der Waals surface area contributed by atoms with Crippen molar-refractivity contribution in [1.82, 2.24) is 4.98 Å². The molecule has 15 heavy (non-hydrogen) atoms. The molecule has 0 spiro atoms. The van der Waals surface area contributed by atoms with Crippen molar-refractivity contribution in [3.05, 3.63) is 27.9 Å². The van der Waals surface area contributed by atoms with E-state index < -0.39 is 16.7 Å². The van der Waals surface area contributed by atoms with Gasteiger partial charge in [0.2, 0.25) is 5.75 Å². The summed E-state index contributed by atoms with van der Waals surface area (Å²) in [6, 6.07) is 2.58. The van der Waals surface area contributed by atoms with E-state index in [1.54, 1.807) is 0 Å². The van der Waals surface area contributed by atoms with Gasteiger partial charge in [-0.15, -0.1) is 0 Å². The van der Waals surface area contributed by atoms with Gasteiger partial charge in [0.15, 0.2) is 0 Å². The Morgan fingerprint density at radius 1 is 1.47 bits per heavy atom. The molecule has 0 aromatic carbocycles. The van der Waals surface area contributed by atoms with Crippen LogP contribution < -0.4 is 4.74 Å². The van der Waals surface area contributed by atoms with E-state index in [0.29, 0.717) is 0 Å². The van der Waals surface area contributed by atoms with Gasteiger partial charge < -0.3 is 19.6 Å². The van der Waals surface area contributed by atoms with Gasteiger partial charge in [-0.1, -0.05) is 0 Å². The number of nitrogens with zero attached hydrogens (tertiary/aromatic N) is 2. The van der Waals surface area contributed by atoms with Crippen molar-refractivity contribution in [1.29, 1.82) is 0 Å². The maximum atomic E-state index is 11.0. The van der Waals surface area contributed by atoms with E-state index in [1.807, 2.05) is 0 Å². The van der Waals surface area contributed by atoms with Crippen LogP contribution in [-0.2, 0) is 4.74 Å². The molecule has 0 aliphatic heterocycles. The zero-order chi connectivity index (χ0) is 11.4. The summed E-state index contributed by atoms with van der Waals surface area (Å²) in [7, 11) is 2.45. The lowest BCUT2D eigenvalue weighted by molar-refractivity contribution is -0.390. The van der Waals surface area contributed by atoms with Crippen LogP contribution in [0.3, 0.4) is 0 Å². The minimum atomic E-state index is -0.735. The van der Waals surface area contributed by atoms with Crippen molar-refractivity contribution in [2.75, 3.05) is 14.2 Å². The average molecular weight is 212 g/mol. The molecule has 7 heteroatoms. The summed E-state index contributed by atoms with van der Waals surface area (Å²) < 4.78 is 9.10. The number of nitro groups is 1. The maximum absolute atomic E-state index is 11.0. The van der Waals surface area contributed by atoms with E-state index in [4.69, 9.17) is 4.74 Å². The number of pyridine rings is 1. The van der Waals surface area contributed by atoms with Gasteiger partial charge in [-0.25, -0.2) is 4.79 Å². The van der Waals surface area contributed by atoms with Crippen LogP contribution in [0, 0.1) is 10.1 Å². The summed E-state index contributed by atoms with van der Waals surface area (Å²) in [4.78, 5) is 24.4. The highest BCUT2D eigenvalue weighted by Gasteiger charge is 2.22. The van der Waals surface area contributed by atoms with Crippen molar-refractivity contribution in [3.63, 3.8) is 0 Å². The fraction of sp³-hybridized carbons (Fsp3) is 0.250. The Balaban J connectivity index is 3.22. The lowest BCUT2D eigenvalue weighted by atomic mass is 10.3. The molecule has 1 aromatic heterocycles. The van der Waals surface area contributed by atoms with Crippen molar-refractivity contribution in [3.8, 4) is 5.75 Å². The van der Waals surface area contributed by atoms with Gasteiger partial charge >= 0.3 is 11.8 Å². The number of rotatable bonds is 3. The summed E-state index contributed by atoms with van der Waals surface area (Å²) in [6.45, 7) is 0. The number of aromatic nitrogens is 1. The molecule has 1 heterocycles. The third kappa shape index (κ3) is 2.19. The third-order valence-electron chi connectivity index (χ3n) is 1.63. The predicted octanol–water partition coefficient (Wildman–Crippen LogP) is 0.785. The lowest BCUT2D eigenvalue weighted by Gasteiger charge is -2.01. The predicted molar refractivity (Wildman–Crippen MR) is 48.8 cm³/mol. The van der Waals surface area contributed by atoms with Crippen LogP contribution in [0.2, 0.25) is 0 Å². The van der Waals surface area contributed by atoms with Gasteiger partial charge in [-0.2, -0.15) is 0 Å². The third-order valence-corrected chi connectivity index (χ3v) is 1.63. The SMILES string of the molecule is COC(=O)c1ccc(OC)c([N+](=O)[O-])n1. The van der Waals surface area contributed by atoms with Gasteiger partial charge in [-0.3, -0.25) is 0 Å². The zero-order valence-corrected chi connectivity index (χ0v) is 8.09. The van der Waals surface area contributed by atoms with Crippen LogP contribution in [-0.4, -0.2) is 30.1 Å². The molecule has 7 nitrogen and oxygen atoms in total. The minimum absolute atomic E-state index is 0.00680. The quantitative estimate of drug-likeness (QED) is 0.417. The summed E-state index contributed by atoms with van der Waals surface area (Å²) in [6.07, 6.45) is 0. The Kier molecular flexibility index (Phi) is 3.17. The van der Waals surface area contributed by atoms with Crippen molar-refractivity contribution in [2.24, 2.45) is 0 Å². The van der Waals surface area contributed by atoms with Gasteiger partial charge in [0.05, 0.1) is 14.2 Å². The minimum Gasteiger partial charge on any atom is -0.489 e. The van der Waals surface area contributed by atoms with Crippen LogP contribution in [0.5, 0.6) is 5.75 Å². The average Bonchev–Trinajstić information content (AvgIpc) is 2.27. The molecule has 0 saturated carbocycles. The van der Waals surface area contributed by atoms with Crippen LogP contribution in [0.15, 0.2) is 12.1 Å². The van der Waals surface area contributed by atoms with Crippen molar-refractivity contribution < 1.29 is 19.2 Å². The van der Waals surface area contributed by atoms with Crippen LogP contribution >= 0.6 is 0 Å². The number of ether oxygens (including phenoxy) is 2. The molecular weight excluding hydrogens is 204 g/mol. The van der Waals surface area contributed by atoms with Crippen LogP contribution in [0.1, 0.15) is 10.5 Å². The number of carbonyl (C=O) groups is 1. The molecule has 0 fully saturated rings. The van der Waals surface area contributed by atoms with Crippen LogP contribution in [0.4, 0.5) is 5.82 Å². The Hall–Kier alpha value is -2.18. The van der Waals surface area contributed by atoms with E-state index in [2.05, 4.69) is 9.72 Å². The molecule has 80 valence electrons. The van der Waals surface area contributed by atoms with Gasteiger partial charge in [0, 0.05) is 6.07 Å². The van der Waals surface area contributed by atoms with Gasteiger partial charge in [-0.05, 0) is 16.0 Å². The molecule has 0 N–H and O–H groups in total. The molecule has 1 aromatic rings. The number of hydrogen-bond donors (Lipinski definition) is 0. The van der Waals surface area contributed by atoms with Crippen LogP contribution in [0.25, 0.3) is 0 Å². The topological polar surface area (TPSA) is 91.6 Å². The Morgan fingerprint density at radius 2 is 2.13 bits per heavy atom. The molecule has 0 atom stereocenters. The maximum Gasteiger partial charge on any atom is 0.407 e. The highest BCUT2D eigenvalue weighted by atomic mass is 16.6. The normalized spacial score (nSPS) is 9.47. The fourth-order valence-electron chi connectivity index (χ4n) is 0.944. The molecular formula is C8H8N2O5. The van der Waals surface area contributed by atoms with E-state index >= 15 is 0 Å². The lowest BCUT2D eigenvalue weighted by Crippen LogP contribution is -2.06. The Labute approximate surface area is 84.8 Å². The molecule has 0 saturated heterocycles. The standard InChI is InChI=1S/C8H8N2O5/c1-14-6-4-3-5(8(11)15-2)9-7(6)10(12)13/h3-4H,1-2H3. The first-order valence-corrected chi connectivity index (χ1v) is 3.88. The molecule has 0 bridgehead atoms. The fourth-order valence-corrected chi connectivity index (χ4v) is 0.944. The molecule has 0 amide bonds. The second-order valence-corrected chi connectivity index (χ2v) is 2.47. The number of hydrogen-bond acceptors (Lipinski definition) is 6. The first-order chi connectivity index (χ1) is 7.10. The van der Waals surface area contributed by atoms with Gasteiger partial charge in [0.1, 0.15) is 0 Å². The number of esters is 1. The molecule has 1 rings (SSSR count). The smallest absolute Gasteiger partial charge is 0.407 e. The van der Waals surface area contributed by atoms with E-state index in [1.165, 1.54) is 26.4 Å². The van der Waals surface area contributed by atoms with Crippen molar-refractivity contribution in [2.45, 2.75) is 0 Å². The van der Waals surface area contributed by atoms with E-state index in [0.717, 1.165) is 0 Å². The summed E-state index contributed by atoms with van der Waals surface area (Å²) in [5.41, 5.74) is -0.134. The highest BCUT2D eigenvalue weighted by Crippen LogP contribution is 2.23. The first-order valence-electron chi connectivity index (χ1n) is 3.88.